The molecule has 0 radical (unpaired) electrons. The van der Waals surface area contributed by atoms with E-state index in [0.29, 0.717) is 13.0 Å². The van der Waals surface area contributed by atoms with Gasteiger partial charge in [-0.15, -0.1) is 0 Å². The van der Waals surface area contributed by atoms with Crippen LogP contribution in [0.4, 0.5) is 0 Å². The molecule has 0 saturated heterocycles. The van der Waals surface area contributed by atoms with Crippen LogP contribution in [0.2, 0.25) is 0 Å². The third-order valence-electron chi connectivity index (χ3n) is 3.87. The van der Waals surface area contributed by atoms with Crippen LogP contribution in [-0.4, -0.2) is 5.97 Å². The quantitative estimate of drug-likeness (QED) is 0.421. The number of ether oxygens (including phenoxy) is 1. The van der Waals surface area contributed by atoms with Crippen molar-refractivity contribution in [3.05, 3.63) is 34.9 Å². The highest BCUT2D eigenvalue weighted by atomic mass is 16.5. The van der Waals surface area contributed by atoms with Crippen LogP contribution in [0.15, 0.2) is 18.2 Å². The molecule has 1 rings (SSSR count). The summed E-state index contributed by atoms with van der Waals surface area (Å²) in [7, 11) is 0. The van der Waals surface area contributed by atoms with E-state index in [4.69, 9.17) is 4.74 Å². The van der Waals surface area contributed by atoms with E-state index in [2.05, 4.69) is 32.9 Å². The van der Waals surface area contributed by atoms with Gasteiger partial charge in [-0.2, -0.15) is 0 Å². The van der Waals surface area contributed by atoms with Crippen LogP contribution in [0.3, 0.4) is 0 Å². The Morgan fingerprint density at radius 2 is 1.67 bits per heavy atom. The number of esters is 1. The van der Waals surface area contributed by atoms with Gasteiger partial charge in [-0.25, -0.2) is 0 Å². The van der Waals surface area contributed by atoms with E-state index in [1.54, 1.807) is 0 Å². The lowest BCUT2D eigenvalue weighted by molar-refractivity contribution is -0.145. The average Bonchev–Trinajstić information content (AvgIpc) is 2.45. The first-order valence-electron chi connectivity index (χ1n) is 8.35. The Kier molecular flexibility index (Phi) is 8.80. The van der Waals surface area contributed by atoms with E-state index >= 15 is 0 Å². The molecule has 0 aliphatic carbocycles. The molecule has 118 valence electrons. The maximum Gasteiger partial charge on any atom is 0.306 e. The van der Waals surface area contributed by atoms with Crippen molar-refractivity contribution in [2.24, 2.45) is 0 Å². The summed E-state index contributed by atoms with van der Waals surface area (Å²) in [5.74, 6) is -0.0662. The van der Waals surface area contributed by atoms with Gasteiger partial charge in [0.05, 0.1) is 0 Å². The predicted octanol–water partition coefficient (Wildman–Crippen LogP) is 5.49. The fourth-order valence-corrected chi connectivity index (χ4v) is 2.46. The lowest BCUT2D eigenvalue weighted by Crippen LogP contribution is -2.05. The van der Waals surface area contributed by atoms with Crippen LogP contribution in [0.5, 0.6) is 0 Å². The van der Waals surface area contributed by atoms with Crippen LogP contribution in [-0.2, 0) is 16.1 Å². The van der Waals surface area contributed by atoms with Crippen LogP contribution < -0.4 is 0 Å². The first-order chi connectivity index (χ1) is 10.1. The summed E-state index contributed by atoms with van der Waals surface area (Å²) in [5.41, 5.74) is 3.54. The molecule has 0 aromatic heterocycles. The summed E-state index contributed by atoms with van der Waals surface area (Å²) in [6.45, 7) is 6.77. The second-order valence-electron chi connectivity index (χ2n) is 5.96. The van der Waals surface area contributed by atoms with Gasteiger partial charge in [0.1, 0.15) is 6.61 Å². The summed E-state index contributed by atoms with van der Waals surface area (Å²) in [6, 6.07) is 6.23. The van der Waals surface area contributed by atoms with E-state index < -0.39 is 0 Å². The van der Waals surface area contributed by atoms with Gasteiger partial charge in [0, 0.05) is 6.42 Å². The van der Waals surface area contributed by atoms with Gasteiger partial charge in [-0.3, -0.25) is 4.79 Å². The van der Waals surface area contributed by atoms with Crippen LogP contribution >= 0.6 is 0 Å². The Morgan fingerprint density at radius 1 is 1.00 bits per heavy atom. The standard InChI is InChI=1S/C19H30O2/c1-4-5-6-7-8-9-10-11-19(20)21-15-18-13-12-16(2)14-17(18)3/h12-14H,4-11,15H2,1-3H3. The van der Waals surface area contributed by atoms with Gasteiger partial charge in [-0.1, -0.05) is 69.2 Å². The second kappa shape index (κ2) is 10.4. The van der Waals surface area contributed by atoms with Gasteiger partial charge in [0.2, 0.25) is 0 Å². The number of carbonyl (C=O) groups is 1. The summed E-state index contributed by atoms with van der Waals surface area (Å²) < 4.78 is 5.35. The van der Waals surface area contributed by atoms with E-state index in [-0.39, 0.29) is 5.97 Å². The summed E-state index contributed by atoms with van der Waals surface area (Å²) >= 11 is 0. The molecule has 2 heteroatoms. The maximum absolute atomic E-state index is 11.7. The highest BCUT2D eigenvalue weighted by Crippen LogP contribution is 2.13. The SMILES string of the molecule is CCCCCCCCCC(=O)OCc1ccc(C)cc1C. The fraction of sp³-hybridized carbons (Fsp3) is 0.632. The number of hydrogen-bond donors (Lipinski definition) is 0. The number of hydrogen-bond acceptors (Lipinski definition) is 2. The minimum Gasteiger partial charge on any atom is -0.461 e. The van der Waals surface area contributed by atoms with E-state index in [9.17, 15) is 4.79 Å². The van der Waals surface area contributed by atoms with Crippen LogP contribution in [0.25, 0.3) is 0 Å². The topological polar surface area (TPSA) is 26.3 Å². The highest BCUT2D eigenvalue weighted by molar-refractivity contribution is 5.69. The van der Waals surface area contributed by atoms with Gasteiger partial charge in [0.25, 0.3) is 0 Å². The Hall–Kier alpha value is -1.31. The van der Waals surface area contributed by atoms with Crippen molar-refractivity contribution in [3.8, 4) is 0 Å². The molecule has 0 bridgehead atoms. The lowest BCUT2D eigenvalue weighted by atomic mass is 10.1. The normalized spacial score (nSPS) is 10.6. The average molecular weight is 290 g/mol. The molecule has 1 aromatic carbocycles. The molecule has 0 spiro atoms. The third-order valence-corrected chi connectivity index (χ3v) is 3.87. The van der Waals surface area contributed by atoms with Crippen molar-refractivity contribution in [3.63, 3.8) is 0 Å². The molecular weight excluding hydrogens is 260 g/mol. The summed E-state index contributed by atoms with van der Waals surface area (Å²) in [6.07, 6.45) is 9.13. The van der Waals surface area contributed by atoms with Crippen molar-refractivity contribution in [1.82, 2.24) is 0 Å². The molecule has 2 nitrogen and oxygen atoms in total. The summed E-state index contributed by atoms with van der Waals surface area (Å²) in [5, 5.41) is 0. The highest BCUT2D eigenvalue weighted by Gasteiger charge is 2.05. The lowest BCUT2D eigenvalue weighted by Gasteiger charge is -2.08. The molecular formula is C19H30O2. The Balaban J connectivity index is 2.11. The zero-order valence-corrected chi connectivity index (χ0v) is 13.9. The van der Waals surface area contributed by atoms with E-state index in [0.717, 1.165) is 18.4 Å². The molecule has 0 heterocycles. The molecule has 0 atom stereocenters. The van der Waals surface area contributed by atoms with Gasteiger partial charge in [0.15, 0.2) is 0 Å². The van der Waals surface area contributed by atoms with Crippen molar-refractivity contribution >= 4 is 5.97 Å². The molecule has 1 aromatic rings. The van der Waals surface area contributed by atoms with Crippen molar-refractivity contribution < 1.29 is 9.53 Å². The molecule has 0 aliphatic rings. The second-order valence-corrected chi connectivity index (χ2v) is 5.96. The Bertz CT molecular complexity index is 424. The van der Waals surface area contributed by atoms with Crippen molar-refractivity contribution in [2.45, 2.75) is 78.7 Å². The zero-order valence-electron chi connectivity index (χ0n) is 13.9. The Morgan fingerprint density at radius 3 is 2.33 bits per heavy atom. The third kappa shape index (κ3) is 7.89. The molecule has 0 unspecified atom stereocenters. The minimum absolute atomic E-state index is 0.0662. The van der Waals surface area contributed by atoms with E-state index in [1.807, 2.05) is 6.07 Å². The van der Waals surface area contributed by atoms with Crippen LogP contribution in [0.1, 0.15) is 75.0 Å². The molecule has 21 heavy (non-hydrogen) atoms. The number of aryl methyl sites for hydroxylation is 2. The number of unbranched alkanes of at least 4 members (excludes halogenated alkanes) is 6. The predicted molar refractivity (Wildman–Crippen MR) is 88.3 cm³/mol. The van der Waals surface area contributed by atoms with E-state index in [1.165, 1.54) is 43.2 Å². The van der Waals surface area contributed by atoms with Crippen molar-refractivity contribution in [2.75, 3.05) is 0 Å². The van der Waals surface area contributed by atoms with Gasteiger partial charge >= 0.3 is 5.97 Å². The first kappa shape index (κ1) is 17.7. The van der Waals surface area contributed by atoms with Gasteiger partial charge in [-0.05, 0) is 31.4 Å². The largest absolute Gasteiger partial charge is 0.461 e. The Labute approximate surface area is 129 Å². The monoisotopic (exact) mass is 290 g/mol. The molecule has 0 fully saturated rings. The summed E-state index contributed by atoms with van der Waals surface area (Å²) in [4.78, 5) is 11.7. The van der Waals surface area contributed by atoms with Crippen LogP contribution in [0, 0.1) is 13.8 Å². The molecule has 0 aliphatic heterocycles. The number of benzene rings is 1. The molecule has 0 saturated carbocycles. The number of rotatable bonds is 10. The molecule has 0 amide bonds. The number of carbonyl (C=O) groups excluding carboxylic acids is 1. The zero-order chi connectivity index (χ0) is 15.5. The molecule has 0 N–H and O–H groups in total. The minimum atomic E-state index is -0.0662. The first-order valence-corrected chi connectivity index (χ1v) is 8.35. The van der Waals surface area contributed by atoms with Crippen molar-refractivity contribution in [1.29, 1.82) is 0 Å². The smallest absolute Gasteiger partial charge is 0.306 e. The fourth-order valence-electron chi connectivity index (χ4n) is 2.46. The van der Waals surface area contributed by atoms with Gasteiger partial charge < -0.3 is 4.74 Å². The maximum atomic E-state index is 11.7.